The lowest BCUT2D eigenvalue weighted by Crippen LogP contribution is -2.53. The normalized spacial score (nSPS) is 24.5. The molecule has 1 heterocycles. The number of carbonyl (C=O) groups excluding carboxylic acids is 2. The zero-order valence-electron chi connectivity index (χ0n) is 11.4. The Morgan fingerprint density at radius 3 is 2.53 bits per heavy atom. The zero-order valence-corrected chi connectivity index (χ0v) is 11.4. The van der Waals surface area contributed by atoms with Crippen LogP contribution in [0.4, 0.5) is 4.79 Å². The Labute approximate surface area is 111 Å². The molecule has 0 aliphatic carbocycles. The fourth-order valence-corrected chi connectivity index (χ4v) is 2.20. The van der Waals surface area contributed by atoms with Crippen molar-refractivity contribution in [3.05, 3.63) is 0 Å². The molecule has 1 fully saturated rings. The first-order valence-electron chi connectivity index (χ1n) is 6.24. The number of carboxylic acids is 1. The molecule has 0 spiro atoms. The molecule has 0 radical (unpaired) electrons. The van der Waals surface area contributed by atoms with Crippen LogP contribution in [0.1, 0.15) is 26.7 Å². The molecule has 19 heavy (non-hydrogen) atoms. The highest BCUT2D eigenvalue weighted by atomic mass is 16.5. The van der Waals surface area contributed by atoms with Gasteiger partial charge in [0.15, 0.2) is 0 Å². The second kappa shape index (κ2) is 6.40. The van der Waals surface area contributed by atoms with Gasteiger partial charge in [0.2, 0.25) is 0 Å². The molecule has 1 aliphatic heterocycles. The lowest BCUT2D eigenvalue weighted by atomic mass is 9.92. The minimum Gasteiger partial charge on any atom is -0.481 e. The number of nitrogens with one attached hydrogen (secondary N) is 1. The third-order valence-corrected chi connectivity index (χ3v) is 3.38. The molecule has 108 valence electrons. The van der Waals surface area contributed by atoms with Crippen LogP contribution < -0.4 is 5.32 Å². The Bertz CT molecular complexity index is 371. The Morgan fingerprint density at radius 2 is 2.05 bits per heavy atom. The van der Waals surface area contributed by atoms with Gasteiger partial charge in [0.05, 0.1) is 13.0 Å². The van der Waals surface area contributed by atoms with E-state index in [1.165, 1.54) is 7.11 Å². The van der Waals surface area contributed by atoms with Crippen molar-refractivity contribution in [3.8, 4) is 0 Å². The summed E-state index contributed by atoms with van der Waals surface area (Å²) >= 11 is 0. The Balaban J connectivity index is 2.55. The van der Waals surface area contributed by atoms with Crippen LogP contribution in [0.5, 0.6) is 0 Å². The second-order valence-corrected chi connectivity index (χ2v) is 4.80. The van der Waals surface area contributed by atoms with Crippen molar-refractivity contribution in [2.75, 3.05) is 13.7 Å². The van der Waals surface area contributed by atoms with Gasteiger partial charge in [-0.05, 0) is 26.7 Å². The first-order valence-corrected chi connectivity index (χ1v) is 6.24. The van der Waals surface area contributed by atoms with E-state index >= 15 is 0 Å². The number of aliphatic carboxylic acids is 1. The van der Waals surface area contributed by atoms with Crippen molar-refractivity contribution in [1.29, 1.82) is 0 Å². The maximum absolute atomic E-state index is 12.0. The lowest BCUT2D eigenvalue weighted by molar-refractivity contribution is -0.143. The van der Waals surface area contributed by atoms with E-state index in [4.69, 9.17) is 5.11 Å². The molecular weight excluding hydrogens is 252 g/mol. The van der Waals surface area contributed by atoms with E-state index in [2.05, 4.69) is 10.1 Å². The Kier molecular flexibility index (Phi) is 5.14. The van der Waals surface area contributed by atoms with Crippen molar-refractivity contribution < 1.29 is 24.2 Å². The van der Waals surface area contributed by atoms with Crippen LogP contribution in [-0.4, -0.2) is 53.7 Å². The average Bonchev–Trinajstić information content (AvgIpc) is 2.37. The van der Waals surface area contributed by atoms with Gasteiger partial charge < -0.3 is 20.1 Å². The van der Waals surface area contributed by atoms with Crippen LogP contribution in [0, 0.1) is 5.92 Å². The summed E-state index contributed by atoms with van der Waals surface area (Å²) in [4.78, 5) is 35.7. The number of urea groups is 1. The minimum absolute atomic E-state index is 0.167. The molecule has 1 aliphatic rings. The topological polar surface area (TPSA) is 95.9 Å². The third kappa shape index (κ3) is 3.84. The van der Waals surface area contributed by atoms with Crippen molar-refractivity contribution in [1.82, 2.24) is 10.2 Å². The summed E-state index contributed by atoms with van der Waals surface area (Å²) in [5, 5.41) is 11.5. The Morgan fingerprint density at radius 1 is 1.42 bits per heavy atom. The highest BCUT2D eigenvalue weighted by Crippen LogP contribution is 2.22. The fraction of sp³-hybridized carbons (Fsp3) is 0.750. The molecular formula is C12H20N2O5. The molecule has 0 saturated carbocycles. The SMILES string of the molecule is COC(=O)C(C)NC(=O)N1CCC(C(=O)O)CC1C. The molecule has 0 aromatic rings. The number of amides is 2. The van der Waals surface area contributed by atoms with Gasteiger partial charge in [0.1, 0.15) is 6.04 Å². The van der Waals surface area contributed by atoms with Gasteiger partial charge in [0.25, 0.3) is 0 Å². The number of likely N-dealkylation sites (tertiary alicyclic amines) is 1. The number of hydrogen-bond acceptors (Lipinski definition) is 4. The van der Waals surface area contributed by atoms with Gasteiger partial charge in [-0.15, -0.1) is 0 Å². The maximum atomic E-state index is 12.0. The maximum Gasteiger partial charge on any atom is 0.328 e. The highest BCUT2D eigenvalue weighted by molar-refractivity contribution is 5.83. The molecule has 1 rings (SSSR count). The molecule has 0 bridgehead atoms. The quantitative estimate of drug-likeness (QED) is 0.727. The van der Waals surface area contributed by atoms with E-state index in [1.54, 1.807) is 18.7 Å². The van der Waals surface area contributed by atoms with Gasteiger partial charge in [-0.3, -0.25) is 4.79 Å². The van der Waals surface area contributed by atoms with Crippen molar-refractivity contribution in [3.63, 3.8) is 0 Å². The summed E-state index contributed by atoms with van der Waals surface area (Å²) in [6, 6.07) is -1.25. The standard InChI is InChI=1S/C12H20N2O5/c1-7-6-9(10(15)16)4-5-14(7)12(18)13-8(2)11(17)19-3/h7-9H,4-6H2,1-3H3,(H,13,18)(H,15,16). The number of methoxy groups -OCH3 is 1. The molecule has 0 aromatic carbocycles. The van der Waals surface area contributed by atoms with Gasteiger partial charge >= 0.3 is 18.0 Å². The summed E-state index contributed by atoms with van der Waals surface area (Å²) in [5.74, 6) is -1.74. The summed E-state index contributed by atoms with van der Waals surface area (Å²) in [7, 11) is 1.26. The number of piperidine rings is 1. The molecule has 7 heteroatoms. The summed E-state index contributed by atoms with van der Waals surface area (Å²) in [6.45, 7) is 3.72. The van der Waals surface area contributed by atoms with E-state index in [1.807, 2.05) is 0 Å². The number of hydrogen-bond donors (Lipinski definition) is 2. The van der Waals surface area contributed by atoms with E-state index < -0.39 is 23.9 Å². The predicted molar refractivity (Wildman–Crippen MR) is 66.5 cm³/mol. The van der Waals surface area contributed by atoms with Crippen LogP contribution in [0.3, 0.4) is 0 Å². The fourth-order valence-electron chi connectivity index (χ4n) is 2.20. The van der Waals surface area contributed by atoms with Crippen LogP contribution in [0.25, 0.3) is 0 Å². The average molecular weight is 272 g/mol. The van der Waals surface area contributed by atoms with Crippen molar-refractivity contribution in [2.45, 2.75) is 38.8 Å². The third-order valence-electron chi connectivity index (χ3n) is 3.38. The van der Waals surface area contributed by atoms with E-state index in [9.17, 15) is 14.4 Å². The Hall–Kier alpha value is -1.79. The number of carbonyl (C=O) groups is 3. The van der Waals surface area contributed by atoms with Crippen LogP contribution in [-0.2, 0) is 14.3 Å². The number of nitrogens with zero attached hydrogens (tertiary/aromatic N) is 1. The second-order valence-electron chi connectivity index (χ2n) is 4.80. The number of esters is 1. The molecule has 0 aromatic heterocycles. The van der Waals surface area contributed by atoms with E-state index in [0.29, 0.717) is 19.4 Å². The largest absolute Gasteiger partial charge is 0.481 e. The van der Waals surface area contributed by atoms with Gasteiger partial charge in [-0.1, -0.05) is 0 Å². The summed E-state index contributed by atoms with van der Waals surface area (Å²) < 4.78 is 4.53. The molecule has 7 nitrogen and oxygen atoms in total. The monoisotopic (exact) mass is 272 g/mol. The number of ether oxygens (including phenoxy) is 1. The molecule has 3 atom stereocenters. The lowest BCUT2D eigenvalue weighted by Gasteiger charge is -2.36. The first kappa shape index (κ1) is 15.3. The van der Waals surface area contributed by atoms with Crippen molar-refractivity contribution >= 4 is 18.0 Å². The van der Waals surface area contributed by atoms with E-state index in [-0.39, 0.29) is 12.1 Å². The predicted octanol–water partition coefficient (Wildman–Crippen LogP) is 0.443. The number of rotatable bonds is 3. The summed E-state index contributed by atoms with van der Waals surface area (Å²) in [5.41, 5.74) is 0. The van der Waals surface area contributed by atoms with Crippen LogP contribution >= 0.6 is 0 Å². The van der Waals surface area contributed by atoms with Gasteiger partial charge in [0, 0.05) is 12.6 Å². The summed E-state index contributed by atoms with van der Waals surface area (Å²) in [6.07, 6.45) is 0.856. The molecule has 1 saturated heterocycles. The number of carboxylic acid groups (broad SMARTS) is 1. The van der Waals surface area contributed by atoms with E-state index in [0.717, 1.165) is 0 Å². The molecule has 3 unspecified atom stereocenters. The van der Waals surface area contributed by atoms with Crippen LogP contribution in [0.2, 0.25) is 0 Å². The smallest absolute Gasteiger partial charge is 0.328 e. The first-order chi connectivity index (χ1) is 8.86. The van der Waals surface area contributed by atoms with Crippen molar-refractivity contribution in [2.24, 2.45) is 5.92 Å². The molecule has 2 amide bonds. The minimum atomic E-state index is -0.824. The van der Waals surface area contributed by atoms with Gasteiger partial charge in [-0.25, -0.2) is 9.59 Å². The highest BCUT2D eigenvalue weighted by Gasteiger charge is 2.33. The zero-order chi connectivity index (χ0) is 14.6. The van der Waals surface area contributed by atoms with Gasteiger partial charge in [-0.2, -0.15) is 0 Å². The van der Waals surface area contributed by atoms with Crippen LogP contribution in [0.15, 0.2) is 0 Å². The molecule has 2 N–H and O–H groups in total.